The Labute approximate surface area is 97.6 Å². The monoisotopic (exact) mass is 222 g/mol. The number of hydrogen-bond acceptors (Lipinski definition) is 3. The number of nitrogens with one attached hydrogen (secondary N) is 1. The summed E-state index contributed by atoms with van der Waals surface area (Å²) in [4.78, 5) is 2.52. The molecule has 4 heteroatoms. The summed E-state index contributed by atoms with van der Waals surface area (Å²) in [6.07, 6.45) is 1.02. The van der Waals surface area contributed by atoms with Gasteiger partial charge in [-0.2, -0.15) is 5.10 Å². The molecular formula is C12H22N4. The van der Waals surface area contributed by atoms with E-state index in [9.17, 15) is 0 Å². The number of rotatable bonds is 3. The van der Waals surface area contributed by atoms with Crippen LogP contribution in [0.4, 0.5) is 0 Å². The van der Waals surface area contributed by atoms with Gasteiger partial charge in [0.2, 0.25) is 0 Å². The van der Waals surface area contributed by atoms with Crippen LogP contribution in [0.5, 0.6) is 0 Å². The van der Waals surface area contributed by atoms with Crippen LogP contribution in [0.2, 0.25) is 0 Å². The van der Waals surface area contributed by atoms with Gasteiger partial charge in [-0.05, 0) is 19.4 Å². The van der Waals surface area contributed by atoms with Crippen molar-refractivity contribution in [3.63, 3.8) is 0 Å². The molecule has 0 bridgehead atoms. The van der Waals surface area contributed by atoms with Gasteiger partial charge in [0.05, 0.1) is 11.4 Å². The lowest BCUT2D eigenvalue weighted by molar-refractivity contribution is 0.162. The average molecular weight is 222 g/mol. The van der Waals surface area contributed by atoms with Crippen molar-refractivity contribution in [2.75, 3.05) is 19.6 Å². The van der Waals surface area contributed by atoms with E-state index in [2.05, 4.69) is 35.2 Å². The second kappa shape index (κ2) is 4.97. The summed E-state index contributed by atoms with van der Waals surface area (Å²) in [5.41, 5.74) is 2.52. The zero-order chi connectivity index (χ0) is 11.5. The third-order valence-corrected chi connectivity index (χ3v) is 3.39. The Morgan fingerprint density at radius 2 is 2.38 bits per heavy atom. The second-order valence-electron chi connectivity index (χ2n) is 4.63. The summed E-state index contributed by atoms with van der Waals surface area (Å²) in [7, 11) is 2.04. The first-order chi connectivity index (χ1) is 7.70. The Morgan fingerprint density at radius 3 is 3.00 bits per heavy atom. The number of nitrogens with zero attached hydrogens (tertiary/aromatic N) is 3. The van der Waals surface area contributed by atoms with E-state index < -0.39 is 0 Å². The largest absolute Gasteiger partial charge is 0.314 e. The molecule has 0 saturated carbocycles. The third kappa shape index (κ3) is 2.44. The van der Waals surface area contributed by atoms with E-state index in [4.69, 9.17) is 0 Å². The molecule has 2 heterocycles. The predicted molar refractivity (Wildman–Crippen MR) is 65.3 cm³/mol. The molecule has 0 amide bonds. The van der Waals surface area contributed by atoms with Crippen LogP contribution in [0.1, 0.15) is 25.2 Å². The maximum absolute atomic E-state index is 4.49. The summed E-state index contributed by atoms with van der Waals surface area (Å²) in [5.74, 6) is 0. The van der Waals surface area contributed by atoms with E-state index >= 15 is 0 Å². The van der Waals surface area contributed by atoms with Crippen molar-refractivity contribution in [1.82, 2.24) is 20.0 Å². The van der Waals surface area contributed by atoms with Crippen LogP contribution < -0.4 is 5.32 Å². The SMILES string of the molecule is CCc1cc(CN2CCNC[C@H]2C)n(C)n1. The van der Waals surface area contributed by atoms with Crippen LogP contribution >= 0.6 is 0 Å². The van der Waals surface area contributed by atoms with E-state index in [1.165, 1.54) is 11.4 Å². The minimum absolute atomic E-state index is 0.619. The van der Waals surface area contributed by atoms with Gasteiger partial charge in [-0.3, -0.25) is 9.58 Å². The lowest BCUT2D eigenvalue weighted by Crippen LogP contribution is -2.49. The van der Waals surface area contributed by atoms with Crippen LogP contribution in [0, 0.1) is 0 Å². The first kappa shape index (κ1) is 11.6. The molecule has 1 aromatic heterocycles. The highest BCUT2D eigenvalue weighted by molar-refractivity contribution is 5.10. The lowest BCUT2D eigenvalue weighted by atomic mass is 10.2. The first-order valence-electron chi connectivity index (χ1n) is 6.17. The molecule has 1 aliphatic rings. The van der Waals surface area contributed by atoms with Gasteiger partial charge in [-0.1, -0.05) is 6.92 Å². The summed E-state index contributed by atoms with van der Waals surface area (Å²) in [5, 5.41) is 7.91. The van der Waals surface area contributed by atoms with Gasteiger partial charge in [0.1, 0.15) is 0 Å². The van der Waals surface area contributed by atoms with Gasteiger partial charge in [0, 0.05) is 39.3 Å². The number of hydrogen-bond donors (Lipinski definition) is 1. The van der Waals surface area contributed by atoms with Crippen LogP contribution in [0.3, 0.4) is 0 Å². The van der Waals surface area contributed by atoms with Gasteiger partial charge >= 0.3 is 0 Å². The lowest BCUT2D eigenvalue weighted by Gasteiger charge is -2.33. The first-order valence-corrected chi connectivity index (χ1v) is 6.17. The summed E-state index contributed by atoms with van der Waals surface area (Å²) in [6, 6.07) is 2.85. The molecule has 0 radical (unpaired) electrons. The van der Waals surface area contributed by atoms with Crippen molar-refractivity contribution >= 4 is 0 Å². The highest BCUT2D eigenvalue weighted by atomic mass is 15.3. The molecule has 0 unspecified atom stereocenters. The number of piperazine rings is 1. The third-order valence-electron chi connectivity index (χ3n) is 3.39. The fourth-order valence-corrected chi connectivity index (χ4v) is 2.22. The van der Waals surface area contributed by atoms with Crippen molar-refractivity contribution < 1.29 is 0 Å². The normalized spacial score (nSPS) is 22.6. The van der Waals surface area contributed by atoms with Crippen LogP contribution in [-0.4, -0.2) is 40.4 Å². The van der Waals surface area contributed by atoms with E-state index in [0.717, 1.165) is 32.6 Å². The maximum atomic E-state index is 4.49. The summed E-state index contributed by atoms with van der Waals surface area (Å²) >= 11 is 0. The van der Waals surface area contributed by atoms with Crippen LogP contribution in [0.15, 0.2) is 6.07 Å². The topological polar surface area (TPSA) is 33.1 Å². The van der Waals surface area contributed by atoms with Crippen molar-refractivity contribution in [2.24, 2.45) is 7.05 Å². The van der Waals surface area contributed by atoms with Crippen molar-refractivity contribution in [3.05, 3.63) is 17.5 Å². The minimum Gasteiger partial charge on any atom is -0.314 e. The Kier molecular flexibility index (Phi) is 3.61. The van der Waals surface area contributed by atoms with Crippen molar-refractivity contribution in [2.45, 2.75) is 32.9 Å². The zero-order valence-electron chi connectivity index (χ0n) is 10.5. The van der Waals surface area contributed by atoms with Gasteiger partial charge in [0.15, 0.2) is 0 Å². The zero-order valence-corrected chi connectivity index (χ0v) is 10.5. The highest BCUT2D eigenvalue weighted by Gasteiger charge is 2.19. The Morgan fingerprint density at radius 1 is 1.56 bits per heavy atom. The van der Waals surface area contributed by atoms with Gasteiger partial charge in [-0.25, -0.2) is 0 Å². The molecule has 2 rings (SSSR count). The van der Waals surface area contributed by atoms with E-state index in [0.29, 0.717) is 6.04 Å². The predicted octanol–water partition coefficient (Wildman–Crippen LogP) is 0.776. The molecule has 1 atom stereocenters. The molecule has 4 nitrogen and oxygen atoms in total. The average Bonchev–Trinajstić information content (AvgIpc) is 2.63. The minimum atomic E-state index is 0.619. The maximum Gasteiger partial charge on any atom is 0.0625 e. The van der Waals surface area contributed by atoms with E-state index in [1.807, 2.05) is 11.7 Å². The standard InChI is InChI=1S/C12H22N4/c1-4-11-7-12(15(3)14-11)9-16-6-5-13-8-10(16)2/h7,10,13H,4-6,8-9H2,1-3H3/t10-/m1/s1. The molecule has 16 heavy (non-hydrogen) atoms. The fourth-order valence-electron chi connectivity index (χ4n) is 2.22. The van der Waals surface area contributed by atoms with Crippen LogP contribution in [0.25, 0.3) is 0 Å². The fraction of sp³-hybridized carbons (Fsp3) is 0.750. The van der Waals surface area contributed by atoms with Gasteiger partial charge in [0.25, 0.3) is 0 Å². The molecule has 1 N–H and O–H groups in total. The molecule has 0 spiro atoms. The number of aryl methyl sites for hydroxylation is 2. The smallest absolute Gasteiger partial charge is 0.0625 e. The van der Waals surface area contributed by atoms with E-state index in [-0.39, 0.29) is 0 Å². The Bertz CT molecular complexity index is 345. The Hall–Kier alpha value is -0.870. The summed E-state index contributed by atoms with van der Waals surface area (Å²) < 4.78 is 2.02. The molecule has 1 fully saturated rings. The molecule has 90 valence electrons. The molecule has 1 saturated heterocycles. The second-order valence-corrected chi connectivity index (χ2v) is 4.63. The van der Waals surface area contributed by atoms with Crippen LogP contribution in [-0.2, 0) is 20.0 Å². The van der Waals surface area contributed by atoms with Gasteiger partial charge in [-0.15, -0.1) is 0 Å². The Balaban J connectivity index is 2.04. The highest BCUT2D eigenvalue weighted by Crippen LogP contribution is 2.11. The molecule has 1 aromatic rings. The quantitative estimate of drug-likeness (QED) is 0.820. The molecule has 1 aliphatic heterocycles. The molecule has 0 aromatic carbocycles. The van der Waals surface area contributed by atoms with Crippen molar-refractivity contribution in [3.8, 4) is 0 Å². The molecular weight excluding hydrogens is 200 g/mol. The molecule has 0 aliphatic carbocycles. The van der Waals surface area contributed by atoms with Crippen molar-refractivity contribution in [1.29, 1.82) is 0 Å². The number of aromatic nitrogens is 2. The van der Waals surface area contributed by atoms with Gasteiger partial charge < -0.3 is 5.32 Å². The van der Waals surface area contributed by atoms with E-state index in [1.54, 1.807) is 0 Å². The summed E-state index contributed by atoms with van der Waals surface area (Å²) in [6.45, 7) is 8.78.